The van der Waals surface area contributed by atoms with Gasteiger partial charge in [0.1, 0.15) is 0 Å². The molecule has 1 heterocycles. The molecular formula is C13H23N3. The Labute approximate surface area is 98.2 Å². The van der Waals surface area contributed by atoms with E-state index in [0.29, 0.717) is 6.04 Å². The topological polar surface area (TPSA) is 29.9 Å². The molecule has 1 aromatic rings. The second kappa shape index (κ2) is 5.00. The van der Waals surface area contributed by atoms with Crippen LogP contribution in [0.1, 0.15) is 37.6 Å². The molecule has 0 radical (unpaired) electrons. The Balaban J connectivity index is 2.02. The van der Waals surface area contributed by atoms with E-state index in [-0.39, 0.29) is 0 Å². The molecule has 0 aromatic carbocycles. The van der Waals surface area contributed by atoms with Crippen molar-refractivity contribution in [3.63, 3.8) is 0 Å². The third-order valence-corrected chi connectivity index (χ3v) is 3.91. The molecule has 1 unspecified atom stereocenters. The first-order valence-corrected chi connectivity index (χ1v) is 6.43. The molecule has 16 heavy (non-hydrogen) atoms. The lowest BCUT2D eigenvalue weighted by Gasteiger charge is -2.33. The summed E-state index contributed by atoms with van der Waals surface area (Å²) < 4.78 is 2.04. The smallest absolute Gasteiger partial charge is 0.0624 e. The van der Waals surface area contributed by atoms with E-state index < -0.39 is 0 Å². The SMILES string of the molecule is CCc1cc(CC(NC)C2CCC2)n(C)n1. The molecule has 1 saturated carbocycles. The maximum Gasteiger partial charge on any atom is 0.0624 e. The fourth-order valence-electron chi connectivity index (χ4n) is 2.51. The van der Waals surface area contributed by atoms with Gasteiger partial charge in [0.05, 0.1) is 5.69 Å². The summed E-state index contributed by atoms with van der Waals surface area (Å²) in [6, 6.07) is 2.89. The number of hydrogen-bond donors (Lipinski definition) is 1. The summed E-state index contributed by atoms with van der Waals surface area (Å²) in [6.07, 6.45) is 6.34. The lowest BCUT2D eigenvalue weighted by Crippen LogP contribution is -2.39. The summed E-state index contributed by atoms with van der Waals surface area (Å²) in [4.78, 5) is 0. The average molecular weight is 221 g/mol. The Bertz CT molecular complexity index is 339. The van der Waals surface area contributed by atoms with Gasteiger partial charge in [-0.05, 0) is 38.3 Å². The van der Waals surface area contributed by atoms with Crippen molar-refractivity contribution in [2.45, 2.75) is 45.1 Å². The van der Waals surface area contributed by atoms with Crippen LogP contribution in [0.4, 0.5) is 0 Å². The van der Waals surface area contributed by atoms with Crippen molar-refractivity contribution in [1.29, 1.82) is 0 Å². The van der Waals surface area contributed by atoms with E-state index in [1.165, 1.54) is 30.7 Å². The lowest BCUT2D eigenvalue weighted by molar-refractivity contribution is 0.233. The molecule has 2 rings (SSSR count). The van der Waals surface area contributed by atoms with Crippen molar-refractivity contribution in [1.82, 2.24) is 15.1 Å². The Morgan fingerprint density at radius 3 is 2.75 bits per heavy atom. The van der Waals surface area contributed by atoms with Gasteiger partial charge >= 0.3 is 0 Å². The molecule has 0 spiro atoms. The van der Waals surface area contributed by atoms with Gasteiger partial charge in [0, 0.05) is 25.2 Å². The number of hydrogen-bond acceptors (Lipinski definition) is 2. The first-order chi connectivity index (χ1) is 7.74. The monoisotopic (exact) mass is 221 g/mol. The summed E-state index contributed by atoms with van der Waals surface area (Å²) in [7, 11) is 4.14. The van der Waals surface area contributed by atoms with Crippen LogP contribution in [-0.4, -0.2) is 22.9 Å². The van der Waals surface area contributed by atoms with E-state index in [4.69, 9.17) is 0 Å². The minimum Gasteiger partial charge on any atom is -0.316 e. The molecule has 1 aliphatic rings. The second-order valence-electron chi connectivity index (χ2n) is 4.89. The molecule has 1 atom stereocenters. The largest absolute Gasteiger partial charge is 0.316 e. The van der Waals surface area contributed by atoms with Gasteiger partial charge in [0.25, 0.3) is 0 Å². The molecule has 1 fully saturated rings. The first kappa shape index (κ1) is 11.6. The van der Waals surface area contributed by atoms with Gasteiger partial charge in [-0.1, -0.05) is 13.3 Å². The van der Waals surface area contributed by atoms with Gasteiger partial charge in [-0.2, -0.15) is 5.10 Å². The highest BCUT2D eigenvalue weighted by Crippen LogP contribution is 2.30. The normalized spacial score (nSPS) is 18.4. The molecular weight excluding hydrogens is 198 g/mol. The van der Waals surface area contributed by atoms with E-state index in [1.807, 2.05) is 4.68 Å². The zero-order chi connectivity index (χ0) is 11.5. The molecule has 0 amide bonds. The van der Waals surface area contributed by atoms with E-state index in [0.717, 1.165) is 18.8 Å². The van der Waals surface area contributed by atoms with E-state index in [1.54, 1.807) is 0 Å². The molecule has 0 bridgehead atoms. The number of aryl methyl sites for hydroxylation is 2. The summed E-state index contributed by atoms with van der Waals surface area (Å²) in [5, 5.41) is 7.97. The lowest BCUT2D eigenvalue weighted by atomic mass is 9.78. The van der Waals surface area contributed by atoms with E-state index in [9.17, 15) is 0 Å². The predicted molar refractivity (Wildman–Crippen MR) is 66.5 cm³/mol. The van der Waals surface area contributed by atoms with E-state index >= 15 is 0 Å². The van der Waals surface area contributed by atoms with Crippen molar-refractivity contribution in [3.8, 4) is 0 Å². The van der Waals surface area contributed by atoms with Crippen LogP contribution in [0.15, 0.2) is 6.07 Å². The Morgan fingerprint density at radius 1 is 1.56 bits per heavy atom. The van der Waals surface area contributed by atoms with Crippen molar-refractivity contribution >= 4 is 0 Å². The molecule has 1 aliphatic carbocycles. The molecule has 3 nitrogen and oxygen atoms in total. The van der Waals surface area contributed by atoms with Crippen LogP contribution >= 0.6 is 0 Å². The van der Waals surface area contributed by atoms with Crippen molar-refractivity contribution < 1.29 is 0 Å². The van der Waals surface area contributed by atoms with Gasteiger partial charge in [-0.3, -0.25) is 4.68 Å². The Kier molecular flexibility index (Phi) is 3.64. The highest BCUT2D eigenvalue weighted by Gasteiger charge is 2.26. The first-order valence-electron chi connectivity index (χ1n) is 6.43. The highest BCUT2D eigenvalue weighted by molar-refractivity contribution is 5.12. The Hall–Kier alpha value is -0.830. The van der Waals surface area contributed by atoms with Gasteiger partial charge in [-0.25, -0.2) is 0 Å². The molecule has 0 saturated heterocycles. The van der Waals surface area contributed by atoms with Crippen LogP contribution in [0.3, 0.4) is 0 Å². The molecule has 90 valence electrons. The van der Waals surface area contributed by atoms with Crippen molar-refractivity contribution in [2.24, 2.45) is 13.0 Å². The van der Waals surface area contributed by atoms with Gasteiger partial charge in [0.15, 0.2) is 0 Å². The van der Waals surface area contributed by atoms with Crippen molar-refractivity contribution in [3.05, 3.63) is 17.5 Å². The van der Waals surface area contributed by atoms with Crippen LogP contribution in [-0.2, 0) is 19.9 Å². The van der Waals surface area contributed by atoms with Crippen LogP contribution in [0.2, 0.25) is 0 Å². The van der Waals surface area contributed by atoms with Gasteiger partial charge in [-0.15, -0.1) is 0 Å². The average Bonchev–Trinajstić information content (AvgIpc) is 2.56. The molecule has 1 N–H and O–H groups in total. The fourth-order valence-corrected chi connectivity index (χ4v) is 2.51. The number of nitrogens with one attached hydrogen (secondary N) is 1. The standard InChI is InChI=1S/C13H23N3/c1-4-11-8-12(16(3)15-11)9-13(14-2)10-6-5-7-10/h8,10,13-14H,4-7,9H2,1-3H3. The van der Waals surface area contributed by atoms with Crippen LogP contribution in [0.5, 0.6) is 0 Å². The maximum absolute atomic E-state index is 4.51. The zero-order valence-electron chi connectivity index (χ0n) is 10.7. The number of likely N-dealkylation sites (N-methyl/N-ethyl adjacent to an activating group) is 1. The van der Waals surface area contributed by atoms with Crippen LogP contribution in [0.25, 0.3) is 0 Å². The second-order valence-corrected chi connectivity index (χ2v) is 4.89. The predicted octanol–water partition coefficient (Wildman–Crippen LogP) is 1.91. The van der Waals surface area contributed by atoms with Crippen LogP contribution < -0.4 is 5.32 Å². The number of aromatic nitrogens is 2. The molecule has 3 heteroatoms. The summed E-state index contributed by atoms with van der Waals surface area (Å²) >= 11 is 0. The summed E-state index contributed by atoms with van der Waals surface area (Å²) in [5.74, 6) is 0.880. The van der Waals surface area contributed by atoms with Gasteiger partial charge in [0.2, 0.25) is 0 Å². The molecule has 0 aliphatic heterocycles. The van der Waals surface area contributed by atoms with Crippen LogP contribution in [0, 0.1) is 5.92 Å². The third kappa shape index (κ3) is 2.29. The summed E-state index contributed by atoms with van der Waals surface area (Å²) in [6.45, 7) is 2.16. The maximum atomic E-state index is 4.51. The minimum absolute atomic E-state index is 0.633. The van der Waals surface area contributed by atoms with Gasteiger partial charge < -0.3 is 5.32 Å². The van der Waals surface area contributed by atoms with Crippen molar-refractivity contribution in [2.75, 3.05) is 7.05 Å². The molecule has 1 aromatic heterocycles. The van der Waals surface area contributed by atoms with E-state index in [2.05, 4.69) is 37.5 Å². The number of nitrogens with zero attached hydrogens (tertiary/aromatic N) is 2. The third-order valence-electron chi connectivity index (χ3n) is 3.91. The zero-order valence-corrected chi connectivity index (χ0v) is 10.7. The number of rotatable bonds is 5. The fraction of sp³-hybridized carbons (Fsp3) is 0.769. The quantitative estimate of drug-likeness (QED) is 0.823. The minimum atomic E-state index is 0.633. The summed E-state index contributed by atoms with van der Waals surface area (Å²) in [5.41, 5.74) is 2.57. The highest BCUT2D eigenvalue weighted by atomic mass is 15.3. The Morgan fingerprint density at radius 2 is 2.31 bits per heavy atom.